The summed E-state index contributed by atoms with van der Waals surface area (Å²) in [7, 11) is 1.83. The van der Waals surface area contributed by atoms with Crippen molar-refractivity contribution in [1.82, 2.24) is 25.7 Å². The summed E-state index contributed by atoms with van der Waals surface area (Å²) in [5.74, 6) is 0.293. The Bertz CT molecular complexity index is 617. The van der Waals surface area contributed by atoms with Gasteiger partial charge in [0.2, 0.25) is 16.7 Å². The minimum atomic E-state index is 0.200. The van der Waals surface area contributed by atoms with Crippen LogP contribution in [-0.4, -0.2) is 47.2 Å². The smallest absolute Gasteiger partial charge is 0.213 e. The third-order valence-corrected chi connectivity index (χ3v) is 5.13. The van der Waals surface area contributed by atoms with Crippen molar-refractivity contribution in [2.75, 3.05) is 24.2 Å². The number of carbonyl (C=O) groups is 2. The summed E-state index contributed by atoms with van der Waals surface area (Å²) in [6.45, 7) is 2.83. The van der Waals surface area contributed by atoms with E-state index in [1.54, 1.807) is 11.3 Å². The Balaban J connectivity index is 0.000000847. The van der Waals surface area contributed by atoms with Gasteiger partial charge < -0.3 is 20.7 Å². The molecule has 3 N–H and O–H groups in total. The zero-order valence-electron chi connectivity index (χ0n) is 11.8. The van der Waals surface area contributed by atoms with E-state index in [9.17, 15) is 4.79 Å². The molecule has 0 spiro atoms. The van der Waals surface area contributed by atoms with Crippen molar-refractivity contribution in [3.05, 3.63) is 10.0 Å². The van der Waals surface area contributed by atoms with Gasteiger partial charge in [-0.15, -0.1) is 20.4 Å². The van der Waals surface area contributed by atoms with E-state index in [4.69, 9.17) is 4.79 Å². The number of nitrogens with one attached hydrogen (secondary N) is 3. The maximum Gasteiger partial charge on any atom is 0.213 e. The number of anilines is 2. The zero-order chi connectivity index (χ0) is 15.9. The Kier molecular flexibility index (Phi) is 5.86. The van der Waals surface area contributed by atoms with E-state index in [1.165, 1.54) is 11.3 Å². The van der Waals surface area contributed by atoms with Crippen molar-refractivity contribution < 1.29 is 9.59 Å². The maximum absolute atomic E-state index is 10.4. The first-order valence-electron chi connectivity index (χ1n) is 6.37. The molecule has 0 aromatic carbocycles. The Morgan fingerprint density at radius 3 is 2.55 bits per heavy atom. The van der Waals surface area contributed by atoms with Crippen LogP contribution < -0.4 is 16.0 Å². The van der Waals surface area contributed by atoms with Crippen LogP contribution in [0.3, 0.4) is 0 Å². The number of amides is 1. The minimum absolute atomic E-state index is 0.200. The van der Waals surface area contributed by atoms with Gasteiger partial charge in [0.25, 0.3) is 0 Å². The largest absolute Gasteiger partial charge is 0.363 e. The molecule has 2 unspecified atom stereocenters. The van der Waals surface area contributed by atoms with Crippen LogP contribution in [-0.2, 0) is 9.59 Å². The normalized spacial score (nSPS) is 20.0. The first-order chi connectivity index (χ1) is 10.8. The molecule has 3 heterocycles. The SMILES string of the molecule is C=O.CNc1nnc(C2CC(c3nnc(NC=O)s3)CN2)s1. The molecule has 118 valence electrons. The van der Waals surface area contributed by atoms with E-state index in [1.807, 2.05) is 13.8 Å². The highest BCUT2D eigenvalue weighted by Crippen LogP contribution is 2.37. The van der Waals surface area contributed by atoms with Gasteiger partial charge >= 0.3 is 0 Å². The second-order valence-electron chi connectivity index (χ2n) is 4.30. The lowest BCUT2D eigenvalue weighted by Crippen LogP contribution is -2.13. The average Bonchev–Trinajstić information content (AvgIpc) is 3.29. The Labute approximate surface area is 134 Å². The van der Waals surface area contributed by atoms with Gasteiger partial charge in [-0.05, 0) is 6.42 Å². The van der Waals surface area contributed by atoms with Crippen LogP contribution in [0.25, 0.3) is 0 Å². The summed E-state index contributed by atoms with van der Waals surface area (Å²) in [6, 6.07) is 0.200. The molecule has 0 aliphatic carbocycles. The number of rotatable bonds is 5. The van der Waals surface area contributed by atoms with Crippen LogP contribution in [0.1, 0.15) is 28.4 Å². The van der Waals surface area contributed by atoms with Gasteiger partial charge in [-0.1, -0.05) is 22.7 Å². The molecule has 3 rings (SSSR count). The van der Waals surface area contributed by atoms with Crippen LogP contribution in [0.4, 0.5) is 10.3 Å². The molecule has 0 bridgehead atoms. The fraction of sp³-hybridized carbons (Fsp3) is 0.455. The van der Waals surface area contributed by atoms with Crippen LogP contribution in [0, 0.1) is 0 Å². The van der Waals surface area contributed by atoms with Crippen molar-refractivity contribution in [2.24, 2.45) is 0 Å². The lowest BCUT2D eigenvalue weighted by molar-refractivity contribution is -0.105. The second-order valence-corrected chi connectivity index (χ2v) is 6.31. The second kappa shape index (κ2) is 7.87. The van der Waals surface area contributed by atoms with Gasteiger partial charge in [0.1, 0.15) is 16.8 Å². The molecule has 2 aromatic heterocycles. The average molecular weight is 341 g/mol. The van der Waals surface area contributed by atoms with Crippen molar-refractivity contribution in [1.29, 1.82) is 0 Å². The molecular formula is C11H15N7O2S2. The van der Waals surface area contributed by atoms with Gasteiger partial charge in [-0.2, -0.15) is 0 Å². The highest BCUT2D eigenvalue weighted by Gasteiger charge is 2.31. The predicted octanol–water partition coefficient (Wildman–Crippen LogP) is 0.633. The molecule has 1 fully saturated rings. The first-order valence-corrected chi connectivity index (χ1v) is 8.00. The van der Waals surface area contributed by atoms with Crippen molar-refractivity contribution in [2.45, 2.75) is 18.4 Å². The fourth-order valence-electron chi connectivity index (χ4n) is 2.10. The summed E-state index contributed by atoms with van der Waals surface area (Å²) in [4.78, 5) is 18.4. The first kappa shape index (κ1) is 16.4. The molecule has 1 aliphatic rings. The molecule has 0 radical (unpaired) electrons. The number of aromatic nitrogens is 4. The van der Waals surface area contributed by atoms with E-state index in [0.717, 1.165) is 28.1 Å². The quantitative estimate of drug-likeness (QED) is 0.677. The van der Waals surface area contributed by atoms with Crippen LogP contribution in [0.5, 0.6) is 0 Å². The standard InChI is InChI=1S/C10H13N7OS2.CH2O/c1-11-9-16-15-8(20-9)6-2-5(3-12-6)7-14-17-10(19-7)13-4-18;1-2/h4-6,12H,2-3H2,1H3,(H,11,16)(H,13,17,18);1H2. The summed E-state index contributed by atoms with van der Waals surface area (Å²) < 4.78 is 0. The van der Waals surface area contributed by atoms with E-state index in [2.05, 4.69) is 36.3 Å². The predicted molar refractivity (Wildman–Crippen MR) is 84.3 cm³/mol. The lowest BCUT2D eigenvalue weighted by atomic mass is 10.1. The van der Waals surface area contributed by atoms with E-state index in [0.29, 0.717) is 17.5 Å². The number of carbonyl (C=O) groups excluding carboxylic acids is 2. The molecule has 0 saturated carbocycles. The molecule has 22 heavy (non-hydrogen) atoms. The molecule has 11 heteroatoms. The van der Waals surface area contributed by atoms with Gasteiger partial charge in [0.15, 0.2) is 0 Å². The molecule has 2 aromatic rings. The van der Waals surface area contributed by atoms with Gasteiger partial charge in [-0.25, -0.2) is 0 Å². The minimum Gasteiger partial charge on any atom is -0.363 e. The highest BCUT2D eigenvalue weighted by molar-refractivity contribution is 7.15. The molecule has 1 aliphatic heterocycles. The summed E-state index contributed by atoms with van der Waals surface area (Å²) in [5.41, 5.74) is 0. The molecule has 1 amide bonds. The van der Waals surface area contributed by atoms with E-state index < -0.39 is 0 Å². The maximum atomic E-state index is 10.4. The van der Waals surface area contributed by atoms with Crippen LogP contribution >= 0.6 is 22.7 Å². The van der Waals surface area contributed by atoms with E-state index >= 15 is 0 Å². The van der Waals surface area contributed by atoms with E-state index in [-0.39, 0.29) is 6.04 Å². The van der Waals surface area contributed by atoms with Crippen molar-refractivity contribution in [3.63, 3.8) is 0 Å². The van der Waals surface area contributed by atoms with Crippen molar-refractivity contribution in [3.8, 4) is 0 Å². The molecule has 9 nitrogen and oxygen atoms in total. The summed E-state index contributed by atoms with van der Waals surface area (Å²) in [5, 5.41) is 28.5. The Morgan fingerprint density at radius 2 is 1.86 bits per heavy atom. The van der Waals surface area contributed by atoms with Crippen LogP contribution in [0.15, 0.2) is 0 Å². The number of hydrogen-bond donors (Lipinski definition) is 3. The Hall–Kier alpha value is -1.98. The third kappa shape index (κ3) is 3.61. The fourth-order valence-corrected chi connectivity index (χ4v) is 3.70. The monoisotopic (exact) mass is 341 g/mol. The van der Waals surface area contributed by atoms with Gasteiger partial charge in [0, 0.05) is 19.5 Å². The number of nitrogens with zero attached hydrogens (tertiary/aromatic N) is 4. The third-order valence-electron chi connectivity index (χ3n) is 3.06. The summed E-state index contributed by atoms with van der Waals surface area (Å²) >= 11 is 2.97. The zero-order valence-corrected chi connectivity index (χ0v) is 13.4. The topological polar surface area (TPSA) is 122 Å². The van der Waals surface area contributed by atoms with Gasteiger partial charge in [0.05, 0.1) is 6.04 Å². The lowest BCUT2D eigenvalue weighted by Gasteiger charge is -2.04. The van der Waals surface area contributed by atoms with Crippen LogP contribution in [0.2, 0.25) is 0 Å². The number of hydrogen-bond acceptors (Lipinski definition) is 10. The molecule has 2 atom stereocenters. The molecular weight excluding hydrogens is 326 g/mol. The molecule has 1 saturated heterocycles. The summed E-state index contributed by atoms with van der Waals surface area (Å²) in [6.07, 6.45) is 1.52. The highest BCUT2D eigenvalue weighted by atomic mass is 32.1. The van der Waals surface area contributed by atoms with Crippen molar-refractivity contribution >= 4 is 46.1 Å². The van der Waals surface area contributed by atoms with Gasteiger partial charge in [-0.3, -0.25) is 4.79 Å². The Morgan fingerprint density at radius 1 is 1.18 bits per heavy atom.